The smallest absolute Gasteiger partial charge is 0.157 e. The number of ether oxygens (including phenoxy) is 3. The van der Waals surface area contributed by atoms with Crippen molar-refractivity contribution in [1.82, 2.24) is 0 Å². The van der Waals surface area contributed by atoms with Crippen LogP contribution in [0.4, 0.5) is 0 Å². The molecule has 0 bridgehead atoms. The SMILES string of the molecule is CC#CCCCCCCC1OCC(OC)CO1. The zero-order valence-electron chi connectivity index (χ0n) is 11.0. The molecule has 0 aliphatic carbocycles. The van der Waals surface area contributed by atoms with Gasteiger partial charge in [0, 0.05) is 13.5 Å². The van der Waals surface area contributed by atoms with E-state index in [0.717, 1.165) is 12.8 Å². The van der Waals surface area contributed by atoms with E-state index < -0.39 is 0 Å². The maximum absolute atomic E-state index is 5.56. The van der Waals surface area contributed by atoms with Gasteiger partial charge >= 0.3 is 0 Å². The van der Waals surface area contributed by atoms with Crippen molar-refractivity contribution in [3.05, 3.63) is 0 Å². The van der Waals surface area contributed by atoms with Gasteiger partial charge in [-0.2, -0.15) is 0 Å². The van der Waals surface area contributed by atoms with Gasteiger partial charge < -0.3 is 14.2 Å². The van der Waals surface area contributed by atoms with Crippen LogP contribution in [0.3, 0.4) is 0 Å². The molecule has 3 nitrogen and oxygen atoms in total. The molecule has 1 heterocycles. The summed E-state index contributed by atoms with van der Waals surface area (Å²) in [5.41, 5.74) is 0. The first kappa shape index (κ1) is 14.5. The van der Waals surface area contributed by atoms with E-state index in [2.05, 4.69) is 11.8 Å². The van der Waals surface area contributed by atoms with Gasteiger partial charge in [-0.05, 0) is 26.2 Å². The van der Waals surface area contributed by atoms with Gasteiger partial charge in [0.05, 0.1) is 13.2 Å². The zero-order valence-corrected chi connectivity index (χ0v) is 11.0. The summed E-state index contributed by atoms with van der Waals surface area (Å²) in [5, 5.41) is 0. The van der Waals surface area contributed by atoms with E-state index in [4.69, 9.17) is 14.2 Å². The molecule has 0 spiro atoms. The summed E-state index contributed by atoms with van der Waals surface area (Å²) in [6, 6.07) is 0. The third-order valence-corrected chi connectivity index (χ3v) is 2.94. The van der Waals surface area contributed by atoms with Crippen molar-refractivity contribution in [2.24, 2.45) is 0 Å². The Morgan fingerprint density at radius 2 is 1.82 bits per heavy atom. The number of unbranched alkanes of at least 4 members (excludes halogenated alkanes) is 4. The summed E-state index contributed by atoms with van der Waals surface area (Å²) in [4.78, 5) is 0. The quantitative estimate of drug-likeness (QED) is 0.506. The van der Waals surface area contributed by atoms with Crippen molar-refractivity contribution in [2.45, 2.75) is 57.8 Å². The fraction of sp³-hybridized carbons (Fsp3) is 0.857. The Hall–Kier alpha value is -0.560. The molecule has 1 aliphatic heterocycles. The first-order valence-corrected chi connectivity index (χ1v) is 6.52. The van der Waals surface area contributed by atoms with Crippen LogP contribution in [0.15, 0.2) is 0 Å². The fourth-order valence-corrected chi connectivity index (χ4v) is 1.83. The minimum Gasteiger partial charge on any atom is -0.377 e. The second-order valence-electron chi connectivity index (χ2n) is 4.33. The van der Waals surface area contributed by atoms with Gasteiger partial charge in [-0.15, -0.1) is 11.8 Å². The molecule has 0 atom stereocenters. The largest absolute Gasteiger partial charge is 0.377 e. The highest BCUT2D eigenvalue weighted by atomic mass is 16.7. The highest BCUT2D eigenvalue weighted by molar-refractivity contribution is 4.94. The number of hydrogen-bond acceptors (Lipinski definition) is 3. The van der Waals surface area contributed by atoms with Crippen molar-refractivity contribution in [1.29, 1.82) is 0 Å². The van der Waals surface area contributed by atoms with E-state index >= 15 is 0 Å². The van der Waals surface area contributed by atoms with Crippen LogP contribution in [0, 0.1) is 11.8 Å². The normalized spacial score (nSPS) is 24.1. The highest BCUT2D eigenvalue weighted by Gasteiger charge is 2.20. The Morgan fingerprint density at radius 3 is 2.47 bits per heavy atom. The molecule has 0 saturated carbocycles. The van der Waals surface area contributed by atoms with Crippen LogP contribution in [0.2, 0.25) is 0 Å². The molecule has 0 N–H and O–H groups in total. The standard InChI is InChI=1S/C14H24O3/c1-3-4-5-6-7-8-9-10-14-16-11-13(15-2)12-17-14/h13-14H,5-12H2,1-2H3. The predicted molar refractivity (Wildman–Crippen MR) is 67.6 cm³/mol. The van der Waals surface area contributed by atoms with Crippen LogP contribution in [0.5, 0.6) is 0 Å². The summed E-state index contributed by atoms with van der Waals surface area (Å²) in [5.74, 6) is 6.00. The number of rotatable bonds is 7. The summed E-state index contributed by atoms with van der Waals surface area (Å²) in [7, 11) is 1.69. The van der Waals surface area contributed by atoms with Gasteiger partial charge in [0.2, 0.25) is 0 Å². The van der Waals surface area contributed by atoms with Crippen molar-refractivity contribution < 1.29 is 14.2 Å². The molecule has 0 unspecified atom stereocenters. The molecule has 17 heavy (non-hydrogen) atoms. The highest BCUT2D eigenvalue weighted by Crippen LogP contribution is 2.15. The molecule has 0 radical (unpaired) electrons. The molecule has 0 aromatic carbocycles. The van der Waals surface area contributed by atoms with Crippen LogP contribution >= 0.6 is 0 Å². The molecule has 0 aromatic rings. The molecule has 3 heteroatoms. The number of hydrogen-bond donors (Lipinski definition) is 0. The number of methoxy groups -OCH3 is 1. The third-order valence-electron chi connectivity index (χ3n) is 2.94. The summed E-state index contributed by atoms with van der Waals surface area (Å²) < 4.78 is 16.3. The van der Waals surface area contributed by atoms with Gasteiger partial charge in [0.1, 0.15) is 6.10 Å². The van der Waals surface area contributed by atoms with Crippen LogP contribution in [-0.2, 0) is 14.2 Å². The Balaban J connectivity index is 1.91. The minimum atomic E-state index is -0.0168. The lowest BCUT2D eigenvalue weighted by molar-refractivity contribution is -0.223. The van der Waals surface area contributed by atoms with E-state index in [0.29, 0.717) is 13.2 Å². The van der Waals surface area contributed by atoms with E-state index in [1.165, 1.54) is 25.7 Å². The maximum Gasteiger partial charge on any atom is 0.157 e. The van der Waals surface area contributed by atoms with E-state index in [1.54, 1.807) is 7.11 Å². The Labute approximate surface area is 105 Å². The second-order valence-corrected chi connectivity index (χ2v) is 4.33. The van der Waals surface area contributed by atoms with Crippen LogP contribution < -0.4 is 0 Å². The second kappa shape index (κ2) is 9.47. The van der Waals surface area contributed by atoms with Gasteiger partial charge in [0.15, 0.2) is 6.29 Å². The van der Waals surface area contributed by atoms with Crippen molar-refractivity contribution in [3.8, 4) is 11.8 Å². The molecule has 1 saturated heterocycles. The topological polar surface area (TPSA) is 27.7 Å². The van der Waals surface area contributed by atoms with Crippen LogP contribution in [-0.4, -0.2) is 32.7 Å². The molecular formula is C14H24O3. The van der Waals surface area contributed by atoms with E-state index in [-0.39, 0.29) is 12.4 Å². The summed E-state index contributed by atoms with van der Waals surface area (Å²) in [6.45, 7) is 3.21. The third kappa shape index (κ3) is 6.68. The predicted octanol–water partition coefficient (Wildman–Crippen LogP) is 2.74. The monoisotopic (exact) mass is 240 g/mol. The van der Waals surface area contributed by atoms with E-state index in [1.807, 2.05) is 6.92 Å². The Morgan fingerprint density at radius 1 is 1.12 bits per heavy atom. The van der Waals surface area contributed by atoms with E-state index in [9.17, 15) is 0 Å². The molecule has 0 aromatic heterocycles. The lowest BCUT2D eigenvalue weighted by Crippen LogP contribution is -2.36. The summed E-state index contributed by atoms with van der Waals surface area (Å²) >= 11 is 0. The lowest BCUT2D eigenvalue weighted by atomic mass is 10.1. The minimum absolute atomic E-state index is 0.0168. The molecular weight excluding hydrogens is 216 g/mol. The maximum atomic E-state index is 5.56. The molecule has 98 valence electrons. The Bertz CT molecular complexity index is 234. The van der Waals surface area contributed by atoms with Gasteiger partial charge in [0.25, 0.3) is 0 Å². The van der Waals surface area contributed by atoms with Crippen molar-refractivity contribution in [2.75, 3.05) is 20.3 Å². The van der Waals surface area contributed by atoms with Gasteiger partial charge in [-0.25, -0.2) is 0 Å². The molecule has 1 fully saturated rings. The molecule has 1 aliphatic rings. The average Bonchev–Trinajstić information content (AvgIpc) is 2.38. The zero-order chi connectivity index (χ0) is 12.3. The van der Waals surface area contributed by atoms with Crippen LogP contribution in [0.1, 0.15) is 45.4 Å². The van der Waals surface area contributed by atoms with Crippen molar-refractivity contribution in [3.63, 3.8) is 0 Å². The average molecular weight is 240 g/mol. The molecule has 1 rings (SSSR count). The lowest BCUT2D eigenvalue weighted by Gasteiger charge is -2.28. The fourth-order valence-electron chi connectivity index (χ4n) is 1.83. The summed E-state index contributed by atoms with van der Waals surface area (Å²) in [6.07, 6.45) is 6.99. The first-order valence-electron chi connectivity index (χ1n) is 6.52. The van der Waals surface area contributed by atoms with Crippen LogP contribution in [0.25, 0.3) is 0 Å². The van der Waals surface area contributed by atoms with Gasteiger partial charge in [-0.3, -0.25) is 0 Å². The van der Waals surface area contributed by atoms with Gasteiger partial charge in [-0.1, -0.05) is 12.8 Å². The van der Waals surface area contributed by atoms with Crippen molar-refractivity contribution >= 4 is 0 Å². The molecule has 0 amide bonds. The Kier molecular flexibility index (Phi) is 8.08. The first-order chi connectivity index (χ1) is 8.36.